The topological polar surface area (TPSA) is 90.9 Å². The van der Waals surface area contributed by atoms with E-state index in [0.29, 0.717) is 16.3 Å². The van der Waals surface area contributed by atoms with E-state index in [-0.39, 0.29) is 12.2 Å². The third kappa shape index (κ3) is 4.79. The van der Waals surface area contributed by atoms with Crippen molar-refractivity contribution in [3.05, 3.63) is 39.8 Å². The van der Waals surface area contributed by atoms with Crippen LogP contribution in [-0.4, -0.2) is 44.4 Å². The van der Waals surface area contributed by atoms with Crippen LogP contribution >= 0.6 is 23.1 Å². The Kier molecular flexibility index (Phi) is 7.38. The smallest absolute Gasteiger partial charge is 0.342 e. The molecule has 0 saturated heterocycles. The lowest BCUT2D eigenvalue weighted by atomic mass is 10.1. The van der Waals surface area contributed by atoms with Crippen molar-refractivity contribution in [3.63, 3.8) is 0 Å². The van der Waals surface area contributed by atoms with E-state index in [1.165, 1.54) is 30.2 Å². The largest absolute Gasteiger partial charge is 0.496 e. The summed E-state index contributed by atoms with van der Waals surface area (Å²) in [5.74, 6) is -1.24. The van der Waals surface area contributed by atoms with Gasteiger partial charge in [0.1, 0.15) is 16.3 Å². The van der Waals surface area contributed by atoms with Gasteiger partial charge in [-0.15, -0.1) is 23.1 Å². The van der Waals surface area contributed by atoms with E-state index in [0.717, 1.165) is 34.6 Å². The number of thioether (sulfide) groups is 1. The summed E-state index contributed by atoms with van der Waals surface area (Å²) in [6.07, 6.45) is 4.57. The van der Waals surface area contributed by atoms with Crippen LogP contribution in [0.25, 0.3) is 0 Å². The number of aryl methyl sites for hydroxylation is 1. The summed E-state index contributed by atoms with van der Waals surface area (Å²) in [5, 5.41) is 3.15. The van der Waals surface area contributed by atoms with Crippen molar-refractivity contribution in [2.75, 3.05) is 31.9 Å². The van der Waals surface area contributed by atoms with Crippen LogP contribution in [0.4, 0.5) is 5.00 Å². The van der Waals surface area contributed by atoms with Crippen molar-refractivity contribution in [1.82, 2.24) is 0 Å². The highest BCUT2D eigenvalue weighted by atomic mass is 32.2. The molecule has 30 heavy (non-hydrogen) atoms. The van der Waals surface area contributed by atoms with Crippen molar-refractivity contribution < 1.29 is 28.6 Å². The van der Waals surface area contributed by atoms with Crippen LogP contribution in [0.2, 0.25) is 0 Å². The van der Waals surface area contributed by atoms with Crippen molar-refractivity contribution in [2.45, 2.75) is 31.1 Å². The standard InChI is InChI=1S/C21H23NO6S2/c1-4-27-21(25)18-14-6-5-7-16(14)30-19(18)22-17(23)11-28-20(24)13-9-8-12(29-3)10-15(13)26-2/h8-10H,4-7,11H2,1-3H3,(H,22,23). The van der Waals surface area contributed by atoms with E-state index in [9.17, 15) is 14.4 Å². The van der Waals surface area contributed by atoms with E-state index in [1.54, 1.807) is 25.1 Å². The Morgan fingerprint density at radius 1 is 1.17 bits per heavy atom. The molecular formula is C21H23NO6S2. The molecule has 1 heterocycles. The van der Waals surface area contributed by atoms with Crippen molar-refractivity contribution >= 4 is 45.9 Å². The molecule has 0 unspecified atom stereocenters. The van der Waals surface area contributed by atoms with Gasteiger partial charge < -0.3 is 19.5 Å². The van der Waals surface area contributed by atoms with Crippen LogP contribution in [0.1, 0.15) is 44.5 Å². The number of ether oxygens (including phenoxy) is 3. The van der Waals surface area contributed by atoms with E-state index < -0.39 is 24.5 Å². The van der Waals surface area contributed by atoms with Crippen LogP contribution in [0, 0.1) is 0 Å². The highest BCUT2D eigenvalue weighted by Crippen LogP contribution is 2.39. The molecule has 0 atom stereocenters. The SMILES string of the molecule is CCOC(=O)c1c(NC(=O)COC(=O)c2ccc(SC)cc2OC)sc2c1CCC2. The zero-order valence-electron chi connectivity index (χ0n) is 17.0. The first-order chi connectivity index (χ1) is 14.5. The molecule has 0 saturated carbocycles. The molecule has 0 bridgehead atoms. The van der Waals surface area contributed by atoms with Crippen LogP contribution < -0.4 is 10.1 Å². The minimum atomic E-state index is -0.658. The second-order valence-electron chi connectivity index (χ2n) is 6.47. The Bertz CT molecular complexity index is 969. The van der Waals surface area contributed by atoms with Gasteiger partial charge in [-0.2, -0.15) is 0 Å². The minimum Gasteiger partial charge on any atom is -0.496 e. The third-order valence-electron chi connectivity index (χ3n) is 4.62. The summed E-state index contributed by atoms with van der Waals surface area (Å²) in [6, 6.07) is 5.12. The van der Waals surface area contributed by atoms with E-state index in [2.05, 4.69) is 5.32 Å². The normalized spacial score (nSPS) is 12.2. The van der Waals surface area contributed by atoms with E-state index >= 15 is 0 Å². The molecule has 9 heteroatoms. The number of amides is 1. The van der Waals surface area contributed by atoms with Gasteiger partial charge >= 0.3 is 11.9 Å². The number of hydrogen-bond donors (Lipinski definition) is 1. The summed E-state index contributed by atoms with van der Waals surface area (Å²) in [5.41, 5.74) is 1.61. The molecule has 1 aromatic heterocycles. The second-order valence-corrected chi connectivity index (χ2v) is 8.46. The molecule has 0 aliphatic heterocycles. The average molecular weight is 450 g/mol. The number of fused-ring (bicyclic) bond motifs is 1. The number of methoxy groups -OCH3 is 1. The number of carbonyl (C=O) groups excluding carboxylic acids is 3. The fraction of sp³-hybridized carbons (Fsp3) is 0.381. The quantitative estimate of drug-likeness (QED) is 0.482. The second kappa shape index (κ2) is 9.99. The van der Waals surface area contributed by atoms with Gasteiger partial charge in [0.25, 0.3) is 5.91 Å². The minimum absolute atomic E-state index is 0.241. The molecule has 1 amide bonds. The molecule has 7 nitrogen and oxygen atoms in total. The molecule has 0 spiro atoms. The molecule has 3 rings (SSSR count). The number of nitrogens with one attached hydrogen (secondary N) is 1. The maximum Gasteiger partial charge on any atom is 0.342 e. The predicted octanol–water partition coefficient (Wildman–Crippen LogP) is 3.94. The van der Waals surface area contributed by atoms with Crippen LogP contribution in [0.5, 0.6) is 5.75 Å². The summed E-state index contributed by atoms with van der Waals surface area (Å²) < 4.78 is 15.6. The average Bonchev–Trinajstić information content (AvgIpc) is 3.32. The predicted molar refractivity (Wildman–Crippen MR) is 116 cm³/mol. The Hall–Kier alpha value is -2.52. The molecule has 160 valence electrons. The zero-order chi connectivity index (χ0) is 21.7. The molecule has 1 aliphatic rings. The van der Waals surface area contributed by atoms with Gasteiger partial charge in [0, 0.05) is 9.77 Å². The van der Waals surface area contributed by atoms with Crippen LogP contribution in [0.15, 0.2) is 23.1 Å². The summed E-state index contributed by atoms with van der Waals surface area (Å²) in [7, 11) is 1.47. The van der Waals surface area contributed by atoms with E-state index in [4.69, 9.17) is 14.2 Å². The van der Waals surface area contributed by atoms with Crippen LogP contribution in [-0.2, 0) is 27.1 Å². The van der Waals surface area contributed by atoms with Crippen molar-refractivity contribution in [2.24, 2.45) is 0 Å². The Labute approximate surface area is 183 Å². The molecule has 2 aromatic rings. The monoisotopic (exact) mass is 449 g/mol. The van der Waals surface area contributed by atoms with Crippen LogP contribution in [0.3, 0.4) is 0 Å². The van der Waals surface area contributed by atoms with Crippen molar-refractivity contribution in [3.8, 4) is 5.75 Å². The number of rotatable bonds is 8. The zero-order valence-corrected chi connectivity index (χ0v) is 18.7. The maximum atomic E-state index is 12.4. The first kappa shape index (κ1) is 22.2. The molecule has 1 aliphatic carbocycles. The van der Waals surface area contributed by atoms with Gasteiger partial charge in [0.05, 0.1) is 19.3 Å². The van der Waals surface area contributed by atoms with Gasteiger partial charge in [0.15, 0.2) is 6.61 Å². The molecular weight excluding hydrogens is 426 g/mol. The molecule has 0 fully saturated rings. The molecule has 0 radical (unpaired) electrons. The van der Waals surface area contributed by atoms with Gasteiger partial charge in [-0.1, -0.05) is 0 Å². The number of esters is 2. The first-order valence-corrected chi connectivity index (χ1v) is 11.5. The lowest BCUT2D eigenvalue weighted by molar-refractivity contribution is -0.119. The van der Waals surface area contributed by atoms with Crippen molar-refractivity contribution in [1.29, 1.82) is 0 Å². The Morgan fingerprint density at radius 2 is 1.97 bits per heavy atom. The van der Waals surface area contributed by atoms with Gasteiger partial charge in [-0.3, -0.25) is 4.79 Å². The third-order valence-corrected chi connectivity index (χ3v) is 6.55. The maximum absolute atomic E-state index is 12.4. The number of thiophene rings is 1. The fourth-order valence-corrected chi connectivity index (χ4v) is 4.97. The van der Waals surface area contributed by atoms with Gasteiger partial charge in [-0.05, 0) is 56.2 Å². The first-order valence-electron chi connectivity index (χ1n) is 9.49. The lowest BCUT2D eigenvalue weighted by Gasteiger charge is -2.11. The Balaban J connectivity index is 1.67. The summed E-state index contributed by atoms with van der Waals surface area (Å²) in [4.78, 5) is 39.2. The Morgan fingerprint density at radius 3 is 2.67 bits per heavy atom. The number of anilines is 1. The highest BCUT2D eigenvalue weighted by Gasteiger charge is 2.28. The number of carbonyl (C=O) groups is 3. The number of hydrogen-bond acceptors (Lipinski definition) is 8. The molecule has 1 N–H and O–H groups in total. The van der Waals surface area contributed by atoms with E-state index in [1.807, 2.05) is 6.26 Å². The fourth-order valence-electron chi connectivity index (χ4n) is 3.25. The summed E-state index contributed by atoms with van der Waals surface area (Å²) in [6.45, 7) is 1.52. The molecule has 1 aromatic carbocycles. The van der Waals surface area contributed by atoms with Gasteiger partial charge in [-0.25, -0.2) is 9.59 Å². The van der Waals surface area contributed by atoms with Gasteiger partial charge in [0.2, 0.25) is 0 Å². The highest BCUT2D eigenvalue weighted by molar-refractivity contribution is 7.98. The lowest BCUT2D eigenvalue weighted by Crippen LogP contribution is -2.22. The number of benzene rings is 1. The summed E-state index contributed by atoms with van der Waals surface area (Å²) >= 11 is 2.90.